The fraction of sp³-hybridized carbons (Fsp3) is 0.375. The van der Waals surface area contributed by atoms with Crippen molar-refractivity contribution in [3.63, 3.8) is 0 Å². The zero-order chi connectivity index (χ0) is 23.8. The summed E-state index contributed by atoms with van der Waals surface area (Å²) in [5.41, 5.74) is 7.21. The lowest BCUT2D eigenvalue weighted by molar-refractivity contribution is -0.129. The van der Waals surface area contributed by atoms with Crippen LogP contribution in [0.1, 0.15) is 40.7 Å². The number of aliphatic imine (C=N–C) groups is 1. The Hall–Kier alpha value is -2.94. The normalized spacial score (nSPS) is 13.8. The molecule has 1 heterocycles. The van der Waals surface area contributed by atoms with E-state index in [1.54, 1.807) is 13.2 Å². The minimum absolute atomic E-state index is 0.0331. The maximum Gasteiger partial charge on any atom is 0.258 e. The summed E-state index contributed by atoms with van der Waals surface area (Å²) >= 11 is 3.43. The summed E-state index contributed by atoms with van der Waals surface area (Å²) in [5, 5.41) is 2.50. The van der Waals surface area contributed by atoms with Gasteiger partial charge in [0.25, 0.3) is 5.91 Å². The van der Waals surface area contributed by atoms with Gasteiger partial charge in [0.2, 0.25) is 5.91 Å². The van der Waals surface area contributed by atoms with Crippen molar-refractivity contribution in [2.45, 2.75) is 32.1 Å². The van der Waals surface area contributed by atoms with Crippen LogP contribution in [0, 0.1) is 5.82 Å². The number of nitrogens with zero attached hydrogens (tertiary/aromatic N) is 2. The second kappa shape index (κ2) is 11.8. The Morgan fingerprint density at radius 1 is 1.21 bits per heavy atom. The second-order valence-electron chi connectivity index (χ2n) is 7.78. The first-order valence-corrected chi connectivity index (χ1v) is 11.7. The maximum atomic E-state index is 14.6. The van der Waals surface area contributed by atoms with Crippen LogP contribution in [-0.4, -0.2) is 49.4 Å². The van der Waals surface area contributed by atoms with Crippen LogP contribution in [0.3, 0.4) is 0 Å². The number of aryl methyl sites for hydroxylation is 1. The molecular weight excluding hydrogens is 491 g/mol. The van der Waals surface area contributed by atoms with Crippen molar-refractivity contribution in [3.05, 3.63) is 63.4 Å². The summed E-state index contributed by atoms with van der Waals surface area (Å²) in [7, 11) is 1.58. The molecule has 33 heavy (non-hydrogen) atoms. The van der Waals surface area contributed by atoms with Gasteiger partial charge in [0.05, 0.1) is 13.7 Å². The standard InChI is InChI=1S/C24H28BrFN4O3/c1-33-21-10-8-17(25)15-16(21)7-9-18-19(5-4-6-20(18)26)23(32)29-24(27)28-12-11-22(31)30-13-2-3-14-30/h4-6,8,10,15H,2-3,7,9,11-14H2,1H3,(H3,27,28,29,32). The molecule has 0 atom stereocenters. The lowest BCUT2D eigenvalue weighted by Crippen LogP contribution is -2.37. The van der Waals surface area contributed by atoms with Crippen LogP contribution >= 0.6 is 15.9 Å². The number of nitrogens with two attached hydrogens (primary N) is 1. The van der Waals surface area contributed by atoms with Crippen molar-refractivity contribution in [2.75, 3.05) is 26.7 Å². The molecule has 2 amide bonds. The maximum absolute atomic E-state index is 14.6. The SMILES string of the molecule is COc1ccc(Br)cc1CCc1c(F)cccc1C(=O)NC(N)=NCCC(=O)N1CCCC1. The Morgan fingerprint density at radius 2 is 1.97 bits per heavy atom. The molecule has 0 unspecified atom stereocenters. The first kappa shape index (κ1) is 24.7. The molecule has 0 bridgehead atoms. The van der Waals surface area contributed by atoms with Crippen LogP contribution in [0.15, 0.2) is 45.9 Å². The van der Waals surface area contributed by atoms with Gasteiger partial charge in [-0.05, 0) is 61.6 Å². The minimum atomic E-state index is -0.544. The lowest BCUT2D eigenvalue weighted by atomic mass is 9.98. The smallest absolute Gasteiger partial charge is 0.258 e. The average Bonchev–Trinajstić information content (AvgIpc) is 3.33. The number of hydrogen-bond donors (Lipinski definition) is 2. The van der Waals surface area contributed by atoms with E-state index in [0.717, 1.165) is 36.0 Å². The molecule has 1 aliphatic heterocycles. The third-order valence-corrected chi connectivity index (χ3v) is 6.05. The first-order chi connectivity index (χ1) is 15.9. The molecule has 3 rings (SSSR count). The monoisotopic (exact) mass is 518 g/mol. The summed E-state index contributed by atoms with van der Waals surface area (Å²) in [5.74, 6) is -0.384. The Bertz CT molecular complexity index is 1040. The van der Waals surface area contributed by atoms with Crippen molar-refractivity contribution < 1.29 is 18.7 Å². The molecular formula is C24H28BrFN4O3. The molecule has 9 heteroatoms. The summed E-state index contributed by atoms with van der Waals surface area (Å²) < 4.78 is 20.9. The third-order valence-electron chi connectivity index (χ3n) is 5.56. The molecule has 176 valence electrons. The van der Waals surface area contributed by atoms with Crippen LogP contribution in [0.25, 0.3) is 0 Å². The van der Waals surface area contributed by atoms with E-state index < -0.39 is 11.7 Å². The Morgan fingerprint density at radius 3 is 2.70 bits per heavy atom. The largest absolute Gasteiger partial charge is 0.496 e. The number of rotatable bonds is 8. The van der Waals surface area contributed by atoms with Crippen molar-refractivity contribution in [1.29, 1.82) is 0 Å². The molecule has 1 aliphatic rings. The van der Waals surface area contributed by atoms with Gasteiger partial charge in [0.1, 0.15) is 11.6 Å². The second-order valence-corrected chi connectivity index (χ2v) is 8.70. The van der Waals surface area contributed by atoms with Gasteiger partial charge < -0.3 is 15.4 Å². The number of hydrogen-bond acceptors (Lipinski definition) is 4. The van der Waals surface area contributed by atoms with Gasteiger partial charge in [-0.1, -0.05) is 22.0 Å². The summed E-state index contributed by atoms with van der Waals surface area (Å²) in [6.07, 6.45) is 3.06. The van der Waals surface area contributed by atoms with Crippen molar-refractivity contribution >= 4 is 33.7 Å². The predicted molar refractivity (Wildman–Crippen MR) is 129 cm³/mol. The third kappa shape index (κ3) is 6.77. The van der Waals surface area contributed by atoms with Crippen molar-refractivity contribution in [1.82, 2.24) is 10.2 Å². The van der Waals surface area contributed by atoms with Crippen molar-refractivity contribution in [2.24, 2.45) is 10.7 Å². The van der Waals surface area contributed by atoms with Crippen LogP contribution in [-0.2, 0) is 17.6 Å². The van der Waals surface area contributed by atoms with Crippen molar-refractivity contribution in [3.8, 4) is 5.75 Å². The number of amides is 2. The van der Waals surface area contributed by atoms with E-state index in [1.165, 1.54) is 12.1 Å². The van der Waals surface area contributed by atoms with Crippen LogP contribution < -0.4 is 15.8 Å². The topological polar surface area (TPSA) is 97.0 Å². The number of halogens is 2. The highest BCUT2D eigenvalue weighted by molar-refractivity contribution is 9.10. The average molecular weight is 519 g/mol. The molecule has 0 aromatic heterocycles. The van der Waals surface area contributed by atoms with E-state index >= 15 is 0 Å². The van der Waals surface area contributed by atoms with Gasteiger partial charge in [-0.2, -0.15) is 0 Å². The highest BCUT2D eigenvalue weighted by Gasteiger charge is 2.18. The van der Waals surface area contributed by atoms with Gasteiger partial charge in [-0.15, -0.1) is 0 Å². The molecule has 3 N–H and O–H groups in total. The molecule has 7 nitrogen and oxygen atoms in total. The molecule has 2 aromatic carbocycles. The number of methoxy groups -OCH3 is 1. The highest BCUT2D eigenvalue weighted by Crippen LogP contribution is 2.25. The van der Waals surface area contributed by atoms with E-state index in [4.69, 9.17) is 10.5 Å². The number of benzene rings is 2. The summed E-state index contributed by atoms with van der Waals surface area (Å²) in [6.45, 7) is 1.74. The lowest BCUT2D eigenvalue weighted by Gasteiger charge is -2.14. The molecule has 0 aliphatic carbocycles. The summed E-state index contributed by atoms with van der Waals surface area (Å²) in [6, 6.07) is 9.97. The van der Waals surface area contributed by atoms with E-state index in [-0.39, 0.29) is 36.0 Å². The van der Waals surface area contributed by atoms with Gasteiger partial charge in [0, 0.05) is 35.1 Å². The van der Waals surface area contributed by atoms with E-state index in [2.05, 4.69) is 26.2 Å². The number of ether oxygens (including phenoxy) is 1. The Kier molecular flexibility index (Phi) is 8.82. The summed E-state index contributed by atoms with van der Waals surface area (Å²) in [4.78, 5) is 30.7. The van der Waals surface area contributed by atoms with E-state index in [1.807, 2.05) is 23.1 Å². The number of guanidine groups is 1. The molecule has 0 spiro atoms. The molecule has 0 radical (unpaired) electrons. The van der Waals surface area contributed by atoms with Gasteiger partial charge in [-0.3, -0.25) is 19.9 Å². The number of nitrogens with one attached hydrogen (secondary N) is 1. The van der Waals surface area contributed by atoms with Crippen LogP contribution in [0.2, 0.25) is 0 Å². The van der Waals surface area contributed by atoms with Crippen LogP contribution in [0.5, 0.6) is 5.75 Å². The van der Waals surface area contributed by atoms with E-state index in [9.17, 15) is 14.0 Å². The Balaban J connectivity index is 1.64. The molecule has 2 aromatic rings. The van der Waals surface area contributed by atoms with Gasteiger partial charge in [0.15, 0.2) is 5.96 Å². The zero-order valence-corrected chi connectivity index (χ0v) is 20.2. The minimum Gasteiger partial charge on any atom is -0.496 e. The number of carbonyl (C=O) groups is 2. The zero-order valence-electron chi connectivity index (χ0n) is 18.6. The Labute approximate surface area is 201 Å². The fourth-order valence-electron chi connectivity index (χ4n) is 3.85. The fourth-order valence-corrected chi connectivity index (χ4v) is 4.26. The molecule has 1 fully saturated rings. The molecule has 1 saturated heterocycles. The van der Waals surface area contributed by atoms with Gasteiger partial charge in [-0.25, -0.2) is 4.39 Å². The number of carbonyl (C=O) groups excluding carboxylic acids is 2. The predicted octanol–water partition coefficient (Wildman–Crippen LogP) is 3.44. The quantitative estimate of drug-likeness (QED) is 0.413. The van der Waals surface area contributed by atoms with Gasteiger partial charge >= 0.3 is 0 Å². The highest BCUT2D eigenvalue weighted by atomic mass is 79.9. The number of likely N-dealkylation sites (tertiary alicyclic amines) is 1. The first-order valence-electron chi connectivity index (χ1n) is 10.9. The van der Waals surface area contributed by atoms with E-state index in [0.29, 0.717) is 18.6 Å². The molecule has 0 saturated carbocycles. The van der Waals surface area contributed by atoms with Crippen LogP contribution in [0.4, 0.5) is 4.39 Å².